The van der Waals surface area contributed by atoms with Gasteiger partial charge in [0.25, 0.3) is 0 Å². The normalized spacial score (nSPS) is 10.0. The maximum absolute atomic E-state index is 9.10. The van der Waals surface area contributed by atoms with Crippen LogP contribution in [0.15, 0.2) is 54.6 Å². The van der Waals surface area contributed by atoms with E-state index in [-0.39, 0.29) is 0 Å². The summed E-state index contributed by atoms with van der Waals surface area (Å²) >= 11 is 0. The summed E-state index contributed by atoms with van der Waals surface area (Å²) in [6.07, 6.45) is 0. The molecule has 0 saturated carbocycles. The van der Waals surface area contributed by atoms with Gasteiger partial charge in [0, 0.05) is 6.54 Å². The van der Waals surface area contributed by atoms with Crippen LogP contribution < -0.4 is 5.73 Å². The molecule has 3 rings (SSSR count). The van der Waals surface area contributed by atoms with Gasteiger partial charge in [0.2, 0.25) is 0 Å². The molecule has 0 atom stereocenters. The third-order valence-electron chi connectivity index (χ3n) is 3.28. The summed E-state index contributed by atoms with van der Waals surface area (Å²) in [6, 6.07) is 18.5. The highest BCUT2D eigenvalue weighted by molar-refractivity contribution is 6.27. The molecule has 0 radical (unpaired) electrons. The van der Waals surface area contributed by atoms with Gasteiger partial charge in [-0.2, -0.15) is 0 Å². The third-order valence-corrected chi connectivity index (χ3v) is 3.28. The molecular weight excluding hydrogens is 310 g/mol. The highest BCUT2D eigenvalue weighted by Crippen LogP contribution is 2.17. The number of carboxylic acid groups (broad SMARTS) is 2. The number of nitrogens with two attached hydrogens (primary N) is 1. The summed E-state index contributed by atoms with van der Waals surface area (Å²) in [4.78, 5) is 22.8. The zero-order valence-corrected chi connectivity index (χ0v) is 12.8. The molecular formula is C17H17N3O4. The van der Waals surface area contributed by atoms with E-state index in [1.807, 2.05) is 24.3 Å². The number of para-hydroxylation sites is 2. The van der Waals surface area contributed by atoms with Crippen molar-refractivity contribution in [3.63, 3.8) is 0 Å². The number of carboxylic acids is 2. The van der Waals surface area contributed by atoms with Crippen LogP contribution in [0.1, 0.15) is 11.4 Å². The third kappa shape index (κ3) is 4.17. The Bertz CT molecular complexity index is 831. The number of carbonyl (C=O) groups is 2. The van der Waals surface area contributed by atoms with Gasteiger partial charge >= 0.3 is 11.9 Å². The largest absolute Gasteiger partial charge is 0.473 e. The lowest BCUT2D eigenvalue weighted by atomic mass is 10.2. The Morgan fingerprint density at radius 1 is 0.958 bits per heavy atom. The number of hydrogen-bond acceptors (Lipinski definition) is 4. The molecule has 0 unspecified atom stereocenters. The molecule has 1 heterocycles. The van der Waals surface area contributed by atoms with Crippen molar-refractivity contribution in [2.75, 3.05) is 0 Å². The summed E-state index contributed by atoms with van der Waals surface area (Å²) in [5.74, 6) is -2.72. The van der Waals surface area contributed by atoms with Crippen LogP contribution in [0.25, 0.3) is 11.0 Å². The average Bonchev–Trinajstić information content (AvgIpc) is 2.94. The van der Waals surface area contributed by atoms with Crippen molar-refractivity contribution in [1.82, 2.24) is 9.55 Å². The smallest absolute Gasteiger partial charge is 0.414 e. The number of hydrogen-bond donors (Lipinski definition) is 3. The summed E-state index contributed by atoms with van der Waals surface area (Å²) in [5.41, 5.74) is 9.19. The second kappa shape index (κ2) is 7.89. The maximum atomic E-state index is 9.10. The Kier molecular flexibility index (Phi) is 5.64. The molecule has 24 heavy (non-hydrogen) atoms. The molecule has 1 aromatic heterocycles. The lowest BCUT2D eigenvalue weighted by molar-refractivity contribution is -0.159. The lowest BCUT2D eigenvalue weighted by Gasteiger charge is -2.08. The van der Waals surface area contributed by atoms with Gasteiger partial charge in [-0.15, -0.1) is 0 Å². The van der Waals surface area contributed by atoms with Crippen LogP contribution in [0.5, 0.6) is 0 Å². The Labute approximate surface area is 138 Å². The van der Waals surface area contributed by atoms with Crippen molar-refractivity contribution >= 4 is 23.0 Å². The predicted octanol–water partition coefficient (Wildman–Crippen LogP) is 1.70. The van der Waals surface area contributed by atoms with E-state index in [0.29, 0.717) is 6.54 Å². The van der Waals surface area contributed by atoms with Gasteiger partial charge in [-0.05, 0) is 17.7 Å². The number of imidazole rings is 1. The van der Waals surface area contributed by atoms with E-state index in [9.17, 15) is 0 Å². The molecule has 0 amide bonds. The number of fused-ring (bicyclic) bond motifs is 1. The molecule has 7 heteroatoms. The Balaban J connectivity index is 0.000000301. The van der Waals surface area contributed by atoms with E-state index in [2.05, 4.69) is 39.9 Å². The molecule has 0 aliphatic carbocycles. The number of rotatable bonds is 3. The first-order chi connectivity index (χ1) is 11.5. The average molecular weight is 327 g/mol. The fourth-order valence-electron chi connectivity index (χ4n) is 2.22. The van der Waals surface area contributed by atoms with Gasteiger partial charge in [0.05, 0.1) is 17.6 Å². The number of aromatic nitrogens is 2. The van der Waals surface area contributed by atoms with E-state index in [4.69, 9.17) is 25.5 Å². The second-order valence-corrected chi connectivity index (χ2v) is 4.90. The highest BCUT2D eigenvalue weighted by atomic mass is 16.4. The molecule has 0 saturated heterocycles. The summed E-state index contributed by atoms with van der Waals surface area (Å²) < 4.78 is 2.19. The number of nitrogens with zero attached hydrogens (tertiary/aromatic N) is 2. The van der Waals surface area contributed by atoms with Crippen molar-refractivity contribution in [2.45, 2.75) is 13.1 Å². The quantitative estimate of drug-likeness (QED) is 0.630. The minimum Gasteiger partial charge on any atom is -0.473 e. The number of aliphatic carboxylic acids is 2. The van der Waals surface area contributed by atoms with Crippen LogP contribution in [-0.4, -0.2) is 31.7 Å². The van der Waals surface area contributed by atoms with Crippen molar-refractivity contribution in [3.05, 3.63) is 66.0 Å². The Hall–Kier alpha value is -3.19. The first kappa shape index (κ1) is 17.2. The fourth-order valence-corrected chi connectivity index (χ4v) is 2.22. The van der Waals surface area contributed by atoms with Crippen LogP contribution in [0.3, 0.4) is 0 Å². The minimum atomic E-state index is -1.82. The van der Waals surface area contributed by atoms with Crippen molar-refractivity contribution in [1.29, 1.82) is 0 Å². The van der Waals surface area contributed by atoms with Crippen molar-refractivity contribution < 1.29 is 19.8 Å². The SMILES string of the molecule is NCc1nc2ccccc2n1Cc1ccccc1.O=C(O)C(=O)O. The zero-order valence-electron chi connectivity index (χ0n) is 12.8. The monoisotopic (exact) mass is 327 g/mol. The van der Waals surface area contributed by atoms with Gasteiger partial charge in [-0.3, -0.25) is 0 Å². The van der Waals surface area contributed by atoms with Crippen LogP contribution in [0.2, 0.25) is 0 Å². The minimum absolute atomic E-state index is 0.460. The lowest BCUT2D eigenvalue weighted by Crippen LogP contribution is -2.09. The van der Waals surface area contributed by atoms with Crippen molar-refractivity contribution in [3.8, 4) is 0 Å². The molecule has 4 N–H and O–H groups in total. The second-order valence-electron chi connectivity index (χ2n) is 4.90. The predicted molar refractivity (Wildman–Crippen MR) is 88.4 cm³/mol. The summed E-state index contributed by atoms with van der Waals surface area (Å²) in [6.45, 7) is 1.27. The van der Waals surface area contributed by atoms with E-state index in [0.717, 1.165) is 23.4 Å². The van der Waals surface area contributed by atoms with Crippen molar-refractivity contribution in [2.24, 2.45) is 5.73 Å². The zero-order chi connectivity index (χ0) is 17.5. The van der Waals surface area contributed by atoms with Gasteiger partial charge in [-0.1, -0.05) is 42.5 Å². The van der Waals surface area contributed by atoms with Gasteiger partial charge in [0.1, 0.15) is 5.82 Å². The Morgan fingerprint density at radius 2 is 1.54 bits per heavy atom. The van der Waals surface area contributed by atoms with Crippen LogP contribution in [0.4, 0.5) is 0 Å². The maximum Gasteiger partial charge on any atom is 0.414 e. The van der Waals surface area contributed by atoms with Crippen LogP contribution in [-0.2, 0) is 22.7 Å². The number of benzene rings is 2. The fraction of sp³-hybridized carbons (Fsp3) is 0.118. The molecule has 124 valence electrons. The summed E-state index contributed by atoms with van der Waals surface area (Å²) in [7, 11) is 0. The molecule has 3 aromatic rings. The molecule has 0 fully saturated rings. The molecule has 0 bridgehead atoms. The molecule has 0 spiro atoms. The molecule has 7 nitrogen and oxygen atoms in total. The van der Waals surface area contributed by atoms with E-state index >= 15 is 0 Å². The van der Waals surface area contributed by atoms with Crippen LogP contribution in [0, 0.1) is 0 Å². The first-order valence-electron chi connectivity index (χ1n) is 7.17. The van der Waals surface area contributed by atoms with E-state index in [1.165, 1.54) is 5.56 Å². The van der Waals surface area contributed by atoms with Gasteiger partial charge in [-0.25, -0.2) is 14.6 Å². The van der Waals surface area contributed by atoms with Gasteiger partial charge < -0.3 is 20.5 Å². The summed E-state index contributed by atoms with van der Waals surface area (Å²) in [5, 5.41) is 14.8. The Morgan fingerprint density at radius 3 is 2.12 bits per heavy atom. The van der Waals surface area contributed by atoms with E-state index in [1.54, 1.807) is 0 Å². The van der Waals surface area contributed by atoms with Crippen LogP contribution >= 0.6 is 0 Å². The highest BCUT2D eigenvalue weighted by Gasteiger charge is 2.08. The molecule has 0 aliphatic heterocycles. The first-order valence-corrected chi connectivity index (χ1v) is 7.17. The van der Waals surface area contributed by atoms with Gasteiger partial charge in [0.15, 0.2) is 0 Å². The molecule has 2 aromatic carbocycles. The standard InChI is InChI=1S/C15H15N3.C2H2O4/c16-10-15-17-13-8-4-5-9-14(13)18(15)11-12-6-2-1-3-7-12;3-1(4)2(5)6/h1-9H,10-11,16H2;(H,3,4)(H,5,6). The topological polar surface area (TPSA) is 118 Å². The molecule has 0 aliphatic rings. The van der Waals surface area contributed by atoms with E-state index < -0.39 is 11.9 Å².